The van der Waals surface area contributed by atoms with Crippen molar-refractivity contribution >= 4 is 38.6 Å². The number of carbonyl (C=O) groups excluding carboxylic acids is 1. The Morgan fingerprint density at radius 2 is 2.00 bits per heavy atom. The predicted molar refractivity (Wildman–Crippen MR) is 125 cm³/mol. The van der Waals surface area contributed by atoms with Crippen LogP contribution in [0.3, 0.4) is 0 Å². The lowest BCUT2D eigenvalue weighted by Crippen LogP contribution is -2.51. The molecule has 1 amide bonds. The third kappa shape index (κ3) is 4.15. The zero-order valence-electron chi connectivity index (χ0n) is 17.6. The molecule has 2 aromatic heterocycles. The van der Waals surface area contributed by atoms with Crippen molar-refractivity contribution in [2.24, 2.45) is 10.7 Å². The molecule has 1 aromatic carbocycles. The number of amides is 1. The summed E-state index contributed by atoms with van der Waals surface area (Å²) in [4.78, 5) is 25.7. The molecule has 3 heterocycles. The smallest absolute Gasteiger partial charge is 0.274 e. The van der Waals surface area contributed by atoms with Gasteiger partial charge in [0.15, 0.2) is 0 Å². The van der Waals surface area contributed by atoms with E-state index < -0.39 is 22.3 Å². The van der Waals surface area contributed by atoms with Crippen molar-refractivity contribution < 1.29 is 9.18 Å². The van der Waals surface area contributed by atoms with Crippen LogP contribution in [0.1, 0.15) is 35.6 Å². The van der Waals surface area contributed by atoms with Crippen LogP contribution in [0.4, 0.5) is 10.1 Å². The summed E-state index contributed by atoms with van der Waals surface area (Å²) >= 11 is 5.83. The van der Waals surface area contributed by atoms with Crippen molar-refractivity contribution in [3.8, 4) is 0 Å². The first kappa shape index (κ1) is 22.1. The van der Waals surface area contributed by atoms with Crippen LogP contribution >= 0.6 is 11.6 Å². The fraction of sp³-hybridized carbons (Fsp3) is 0.217. The highest BCUT2D eigenvalue weighted by molar-refractivity contribution is 6.48. The van der Waals surface area contributed by atoms with Crippen LogP contribution < -0.4 is 11.1 Å². The van der Waals surface area contributed by atoms with Gasteiger partial charge in [0.2, 0.25) is 0 Å². The molecule has 9 heteroatoms. The Morgan fingerprint density at radius 3 is 2.66 bits per heavy atom. The maximum atomic E-state index is 14.9. The molecule has 3 N–H and O–H groups in total. The number of carbonyl (C=O) groups is 1. The van der Waals surface area contributed by atoms with Crippen LogP contribution in [0.2, 0.25) is 11.1 Å². The minimum absolute atomic E-state index is 0.207. The van der Waals surface area contributed by atoms with Crippen LogP contribution in [-0.2, 0) is 10.6 Å². The zero-order chi connectivity index (χ0) is 22.9. The van der Waals surface area contributed by atoms with Gasteiger partial charge in [-0.15, -0.1) is 0 Å². The van der Waals surface area contributed by atoms with E-state index in [0.29, 0.717) is 37.7 Å². The molecule has 162 valence electrons. The molecule has 0 saturated carbocycles. The first-order chi connectivity index (χ1) is 15.2. The maximum absolute atomic E-state index is 14.9. The van der Waals surface area contributed by atoms with Crippen LogP contribution in [0.5, 0.6) is 0 Å². The number of hydrogen-bond acceptors (Lipinski definition) is 5. The van der Waals surface area contributed by atoms with Crippen molar-refractivity contribution in [2.75, 3.05) is 5.32 Å². The van der Waals surface area contributed by atoms with E-state index in [1.807, 2.05) is 32.0 Å². The van der Waals surface area contributed by atoms with Crippen molar-refractivity contribution in [1.29, 1.82) is 0 Å². The molecular formula is C23H21ClFN5OSi. The summed E-state index contributed by atoms with van der Waals surface area (Å²) < 4.78 is 14.9. The molecule has 6 nitrogen and oxygen atoms in total. The fourth-order valence-electron chi connectivity index (χ4n) is 3.61. The second-order valence-electron chi connectivity index (χ2n) is 7.97. The monoisotopic (exact) mass is 465 g/mol. The van der Waals surface area contributed by atoms with Crippen molar-refractivity contribution in [1.82, 2.24) is 9.97 Å². The number of halogens is 2. The summed E-state index contributed by atoms with van der Waals surface area (Å²) in [7, 11) is 0.351. The molecule has 32 heavy (non-hydrogen) atoms. The average molecular weight is 466 g/mol. The summed E-state index contributed by atoms with van der Waals surface area (Å²) in [5, 5.41) is 2.69. The van der Waals surface area contributed by atoms with Gasteiger partial charge in [-0.2, -0.15) is 0 Å². The molecule has 2 atom stereocenters. The molecular weight excluding hydrogens is 445 g/mol. The van der Waals surface area contributed by atoms with E-state index in [9.17, 15) is 9.18 Å². The van der Waals surface area contributed by atoms with Gasteiger partial charge in [-0.1, -0.05) is 24.6 Å². The molecule has 2 radical (unpaired) electrons. The molecule has 3 aromatic rings. The van der Waals surface area contributed by atoms with E-state index in [-0.39, 0.29) is 5.69 Å². The lowest BCUT2D eigenvalue weighted by atomic mass is 9.92. The Morgan fingerprint density at radius 1 is 1.19 bits per heavy atom. The second-order valence-corrected chi connectivity index (χ2v) is 10.1. The van der Waals surface area contributed by atoms with Crippen molar-refractivity contribution in [3.63, 3.8) is 0 Å². The Labute approximate surface area is 193 Å². The topological polar surface area (TPSA) is 93.3 Å². The minimum Gasteiger partial charge on any atom is -0.387 e. The highest BCUT2D eigenvalue weighted by Gasteiger charge is 2.43. The van der Waals surface area contributed by atoms with E-state index in [2.05, 4.69) is 15.3 Å². The first-order valence-corrected chi connectivity index (χ1v) is 11.5. The van der Waals surface area contributed by atoms with Gasteiger partial charge >= 0.3 is 0 Å². The standard InChI is InChI=1S/C23H21ClFN5OSi/c1-22(13-32-23(2,21(26)30-22)19-5-3-4-10-27-19)16-11-15(7-8-17(16)25)29-20(31)18-9-6-14(24)12-28-18/h3-12H,13H2,1-2H3,(H2,26,30)(H,29,31)/t22-,23-/m0/s1. The summed E-state index contributed by atoms with van der Waals surface area (Å²) in [5.41, 5.74) is 7.43. The number of nitrogens with one attached hydrogen (secondary N) is 1. The summed E-state index contributed by atoms with van der Waals surface area (Å²) in [6.07, 6.45) is 3.13. The average Bonchev–Trinajstić information content (AvgIpc) is 2.79. The number of rotatable bonds is 4. The van der Waals surface area contributed by atoms with Gasteiger partial charge in [-0.25, -0.2) is 9.37 Å². The molecule has 1 aliphatic rings. The normalized spacial score (nSPS) is 22.8. The molecule has 0 fully saturated rings. The van der Waals surface area contributed by atoms with Crippen LogP contribution in [0.15, 0.2) is 65.9 Å². The van der Waals surface area contributed by atoms with Gasteiger partial charge in [0.25, 0.3) is 5.91 Å². The van der Waals surface area contributed by atoms with E-state index in [0.717, 1.165) is 5.69 Å². The Balaban J connectivity index is 1.63. The molecule has 0 unspecified atom stereocenters. The molecule has 0 aliphatic carbocycles. The van der Waals surface area contributed by atoms with Gasteiger partial charge in [-0.05, 0) is 55.4 Å². The number of amidine groups is 1. The highest BCUT2D eigenvalue weighted by Crippen LogP contribution is 2.40. The Bertz CT molecular complexity index is 1190. The number of nitrogens with zero attached hydrogens (tertiary/aromatic N) is 3. The van der Waals surface area contributed by atoms with E-state index >= 15 is 0 Å². The first-order valence-electron chi connectivity index (χ1n) is 9.96. The van der Waals surface area contributed by atoms with Gasteiger partial charge in [0.1, 0.15) is 17.3 Å². The number of pyridine rings is 2. The van der Waals surface area contributed by atoms with Gasteiger partial charge in [0, 0.05) is 23.6 Å². The maximum Gasteiger partial charge on any atom is 0.274 e. The van der Waals surface area contributed by atoms with Crippen LogP contribution in [-0.4, -0.2) is 31.2 Å². The highest BCUT2D eigenvalue weighted by atomic mass is 35.5. The number of aliphatic imine (C=N–C) groups is 1. The number of aromatic nitrogens is 2. The summed E-state index contributed by atoms with van der Waals surface area (Å²) in [5.74, 6) is -0.402. The number of nitrogens with two attached hydrogens (primary N) is 1. The van der Waals surface area contributed by atoms with Gasteiger partial charge in [0.05, 0.1) is 30.8 Å². The van der Waals surface area contributed by atoms with Crippen LogP contribution in [0, 0.1) is 5.82 Å². The van der Waals surface area contributed by atoms with E-state index in [1.165, 1.54) is 24.4 Å². The number of anilines is 1. The SMILES string of the molecule is C[C@@]1(c2cc(NC(=O)c3ccc(Cl)cn3)ccc2F)C[Si][C@@](C)(c2ccccn2)C(N)=N1. The third-order valence-corrected chi connectivity index (χ3v) is 7.92. The summed E-state index contributed by atoms with van der Waals surface area (Å²) in [6, 6.07) is 13.8. The van der Waals surface area contributed by atoms with Crippen molar-refractivity contribution in [2.45, 2.75) is 30.5 Å². The number of hydrogen-bond donors (Lipinski definition) is 2. The fourth-order valence-corrected chi connectivity index (χ4v) is 5.26. The number of benzene rings is 1. The Kier molecular flexibility index (Phi) is 5.83. The molecule has 1 aliphatic heterocycles. The third-order valence-electron chi connectivity index (χ3n) is 5.61. The quantitative estimate of drug-likeness (QED) is 0.566. The van der Waals surface area contributed by atoms with E-state index in [4.69, 9.17) is 22.3 Å². The summed E-state index contributed by atoms with van der Waals surface area (Å²) in [6.45, 7) is 3.87. The van der Waals surface area contributed by atoms with Crippen molar-refractivity contribution in [3.05, 3.63) is 88.7 Å². The molecule has 0 spiro atoms. The minimum atomic E-state index is -0.861. The molecule has 4 rings (SSSR count). The van der Waals surface area contributed by atoms with Gasteiger partial charge < -0.3 is 11.1 Å². The Hall–Kier alpha value is -3.10. The van der Waals surface area contributed by atoms with E-state index in [1.54, 1.807) is 18.3 Å². The second kappa shape index (κ2) is 8.44. The largest absolute Gasteiger partial charge is 0.387 e. The lowest BCUT2D eigenvalue weighted by Gasteiger charge is -2.39. The lowest BCUT2D eigenvalue weighted by molar-refractivity contribution is 0.102. The molecule has 0 bridgehead atoms. The van der Waals surface area contributed by atoms with Gasteiger partial charge in [-0.3, -0.25) is 14.8 Å². The van der Waals surface area contributed by atoms with Crippen LogP contribution in [0.25, 0.3) is 0 Å². The molecule has 0 saturated heterocycles. The zero-order valence-corrected chi connectivity index (χ0v) is 19.3. The predicted octanol–water partition coefficient (Wildman–Crippen LogP) is 4.15.